The molecule has 1 aliphatic carbocycles. The number of nitrogens with two attached hydrogens (primary N) is 1. The van der Waals surface area contributed by atoms with E-state index in [9.17, 15) is 0 Å². The smallest absolute Gasteiger partial charge is 0.140 e. The lowest BCUT2D eigenvalue weighted by molar-refractivity contribution is 0.302. The van der Waals surface area contributed by atoms with Crippen molar-refractivity contribution in [3.63, 3.8) is 0 Å². The van der Waals surface area contributed by atoms with Crippen molar-refractivity contribution in [1.29, 1.82) is 0 Å². The minimum atomic E-state index is 0.366. The van der Waals surface area contributed by atoms with Gasteiger partial charge in [-0.05, 0) is 18.8 Å². The Hall–Kier alpha value is -1.25. The van der Waals surface area contributed by atoms with Crippen molar-refractivity contribution in [3.8, 4) is 5.75 Å². The molecule has 0 saturated heterocycles. The molecule has 1 fully saturated rings. The minimum absolute atomic E-state index is 0.366. The maximum atomic E-state index is 5.88. The molecule has 0 aliphatic heterocycles. The highest BCUT2D eigenvalue weighted by atomic mass is 16.5. The van der Waals surface area contributed by atoms with Crippen LogP contribution in [-0.2, 0) is 0 Å². The van der Waals surface area contributed by atoms with Gasteiger partial charge in [0.1, 0.15) is 5.75 Å². The topological polar surface area (TPSA) is 48.1 Å². The van der Waals surface area contributed by atoms with E-state index in [2.05, 4.69) is 18.8 Å². The molecule has 3 heteroatoms. The van der Waals surface area contributed by atoms with E-state index in [0.717, 1.165) is 30.0 Å². The highest BCUT2D eigenvalue weighted by Crippen LogP contribution is 2.29. The highest BCUT2D eigenvalue weighted by molar-refractivity contribution is 5.48. The zero-order valence-electron chi connectivity index (χ0n) is 8.66. The zero-order valence-corrected chi connectivity index (χ0v) is 8.66. The molecule has 2 rings (SSSR count). The summed E-state index contributed by atoms with van der Waals surface area (Å²) in [4.78, 5) is 4.31. The van der Waals surface area contributed by atoms with Gasteiger partial charge in [0.2, 0.25) is 0 Å². The number of hydrogen-bond acceptors (Lipinski definition) is 3. The number of pyridine rings is 1. The normalized spacial score (nSPS) is 15.9. The fraction of sp³-hybridized carbons (Fsp3) is 0.545. The van der Waals surface area contributed by atoms with E-state index in [1.807, 2.05) is 6.07 Å². The van der Waals surface area contributed by atoms with Crippen LogP contribution in [0.4, 0.5) is 5.69 Å². The van der Waals surface area contributed by atoms with Gasteiger partial charge in [0, 0.05) is 6.07 Å². The standard InChI is InChI=1S/C11H16N2O/c1-7(2)11-10(12)5-9(6-13-11)14-8-3-4-8/h5-8H,3-4,12H2,1-2H3. The first-order chi connectivity index (χ1) is 6.66. The summed E-state index contributed by atoms with van der Waals surface area (Å²) >= 11 is 0. The predicted molar refractivity (Wildman–Crippen MR) is 56.4 cm³/mol. The van der Waals surface area contributed by atoms with E-state index in [1.54, 1.807) is 6.20 Å². The Balaban J connectivity index is 2.16. The van der Waals surface area contributed by atoms with Crippen LogP contribution in [-0.4, -0.2) is 11.1 Å². The van der Waals surface area contributed by atoms with Gasteiger partial charge in [-0.1, -0.05) is 13.8 Å². The van der Waals surface area contributed by atoms with Gasteiger partial charge >= 0.3 is 0 Å². The van der Waals surface area contributed by atoms with Gasteiger partial charge in [-0.15, -0.1) is 0 Å². The van der Waals surface area contributed by atoms with Crippen LogP contribution >= 0.6 is 0 Å². The Kier molecular flexibility index (Phi) is 2.32. The van der Waals surface area contributed by atoms with E-state index >= 15 is 0 Å². The first-order valence-electron chi connectivity index (χ1n) is 5.09. The molecule has 1 aromatic heterocycles. The Bertz CT molecular complexity index is 332. The summed E-state index contributed by atoms with van der Waals surface area (Å²) in [6.07, 6.45) is 4.49. The summed E-state index contributed by atoms with van der Waals surface area (Å²) in [5.41, 5.74) is 7.56. The largest absolute Gasteiger partial charge is 0.489 e. The molecule has 0 atom stereocenters. The summed E-state index contributed by atoms with van der Waals surface area (Å²) in [5, 5.41) is 0. The lowest BCUT2D eigenvalue weighted by atomic mass is 10.1. The Morgan fingerprint density at radius 2 is 2.21 bits per heavy atom. The van der Waals surface area contributed by atoms with Crippen LogP contribution in [0.1, 0.15) is 38.3 Å². The SMILES string of the molecule is CC(C)c1ncc(OC2CC2)cc1N. The van der Waals surface area contributed by atoms with Gasteiger partial charge < -0.3 is 10.5 Å². The Morgan fingerprint density at radius 3 is 2.71 bits per heavy atom. The molecule has 0 amide bonds. The van der Waals surface area contributed by atoms with Crippen LogP contribution in [0, 0.1) is 0 Å². The third kappa shape index (κ3) is 1.97. The number of ether oxygens (including phenoxy) is 1. The summed E-state index contributed by atoms with van der Waals surface area (Å²) in [5.74, 6) is 1.17. The van der Waals surface area contributed by atoms with E-state index in [4.69, 9.17) is 10.5 Å². The summed E-state index contributed by atoms with van der Waals surface area (Å²) < 4.78 is 5.60. The molecule has 1 aliphatic rings. The predicted octanol–water partition coefficient (Wildman–Crippen LogP) is 2.33. The number of aromatic nitrogens is 1. The van der Waals surface area contributed by atoms with Crippen molar-refractivity contribution >= 4 is 5.69 Å². The number of nitrogen functional groups attached to an aromatic ring is 1. The van der Waals surface area contributed by atoms with Crippen LogP contribution in [0.5, 0.6) is 5.75 Å². The van der Waals surface area contributed by atoms with Crippen LogP contribution in [0.3, 0.4) is 0 Å². The molecule has 0 unspecified atom stereocenters. The van der Waals surface area contributed by atoms with Gasteiger partial charge in [-0.3, -0.25) is 4.98 Å². The lowest BCUT2D eigenvalue weighted by Gasteiger charge is -2.10. The number of rotatable bonds is 3. The Morgan fingerprint density at radius 1 is 1.50 bits per heavy atom. The maximum Gasteiger partial charge on any atom is 0.140 e. The van der Waals surface area contributed by atoms with Crippen molar-refractivity contribution in [1.82, 2.24) is 4.98 Å². The van der Waals surface area contributed by atoms with Crippen molar-refractivity contribution in [2.24, 2.45) is 0 Å². The molecule has 1 saturated carbocycles. The minimum Gasteiger partial charge on any atom is -0.489 e. The second-order valence-electron chi connectivity index (χ2n) is 4.12. The summed E-state index contributed by atoms with van der Waals surface area (Å²) in [6, 6.07) is 1.88. The van der Waals surface area contributed by atoms with Crippen molar-refractivity contribution in [2.45, 2.75) is 38.7 Å². The molecule has 0 spiro atoms. The van der Waals surface area contributed by atoms with Gasteiger partial charge in [0.25, 0.3) is 0 Å². The molecule has 14 heavy (non-hydrogen) atoms. The third-order valence-corrected chi connectivity index (χ3v) is 2.30. The molecule has 0 aromatic carbocycles. The van der Waals surface area contributed by atoms with Gasteiger partial charge in [0.05, 0.1) is 23.7 Å². The number of hydrogen-bond donors (Lipinski definition) is 1. The zero-order chi connectivity index (χ0) is 10.1. The highest BCUT2D eigenvalue weighted by Gasteiger charge is 2.23. The second-order valence-corrected chi connectivity index (χ2v) is 4.12. The van der Waals surface area contributed by atoms with Crippen LogP contribution in [0.15, 0.2) is 12.3 Å². The maximum absolute atomic E-state index is 5.88. The second kappa shape index (κ2) is 3.48. The molecule has 1 heterocycles. The summed E-state index contributed by atoms with van der Waals surface area (Å²) in [7, 11) is 0. The van der Waals surface area contributed by atoms with Crippen LogP contribution in [0.2, 0.25) is 0 Å². The molecule has 0 radical (unpaired) electrons. The Labute approximate surface area is 84.3 Å². The van der Waals surface area contributed by atoms with Gasteiger partial charge in [-0.2, -0.15) is 0 Å². The monoisotopic (exact) mass is 192 g/mol. The average Bonchev–Trinajstić information content (AvgIpc) is 2.87. The summed E-state index contributed by atoms with van der Waals surface area (Å²) in [6.45, 7) is 4.17. The fourth-order valence-electron chi connectivity index (χ4n) is 1.40. The first-order valence-corrected chi connectivity index (χ1v) is 5.09. The third-order valence-electron chi connectivity index (χ3n) is 2.30. The lowest BCUT2D eigenvalue weighted by Crippen LogP contribution is -2.02. The molecular formula is C11H16N2O. The van der Waals surface area contributed by atoms with Crippen molar-refractivity contribution in [2.75, 3.05) is 5.73 Å². The van der Waals surface area contributed by atoms with E-state index < -0.39 is 0 Å². The molecule has 2 N–H and O–H groups in total. The quantitative estimate of drug-likeness (QED) is 0.799. The molecule has 0 bridgehead atoms. The molecular weight excluding hydrogens is 176 g/mol. The van der Waals surface area contributed by atoms with Gasteiger partial charge in [0.15, 0.2) is 0 Å². The number of anilines is 1. The number of nitrogens with zero attached hydrogens (tertiary/aromatic N) is 1. The van der Waals surface area contributed by atoms with Gasteiger partial charge in [-0.25, -0.2) is 0 Å². The molecule has 76 valence electrons. The first kappa shape index (κ1) is 9.31. The van der Waals surface area contributed by atoms with Crippen LogP contribution in [0.25, 0.3) is 0 Å². The average molecular weight is 192 g/mol. The van der Waals surface area contributed by atoms with E-state index in [1.165, 1.54) is 0 Å². The van der Waals surface area contributed by atoms with Crippen molar-refractivity contribution < 1.29 is 4.74 Å². The molecule has 3 nitrogen and oxygen atoms in total. The fourth-order valence-corrected chi connectivity index (χ4v) is 1.40. The van der Waals surface area contributed by atoms with E-state index in [-0.39, 0.29) is 0 Å². The molecule has 1 aromatic rings. The van der Waals surface area contributed by atoms with Crippen LogP contribution < -0.4 is 10.5 Å². The van der Waals surface area contributed by atoms with E-state index in [0.29, 0.717) is 12.0 Å². The van der Waals surface area contributed by atoms with Crippen molar-refractivity contribution in [3.05, 3.63) is 18.0 Å².